The molecule has 0 saturated heterocycles. The number of fused-ring (bicyclic) bond motifs is 1. The molecule has 1 unspecified atom stereocenters. The first-order chi connectivity index (χ1) is 11.5. The molecule has 2 aromatic rings. The van der Waals surface area contributed by atoms with Crippen LogP contribution >= 0.6 is 0 Å². The van der Waals surface area contributed by atoms with Crippen LogP contribution in [0, 0.1) is 16.0 Å². The van der Waals surface area contributed by atoms with Gasteiger partial charge in [-0.2, -0.15) is 0 Å². The fraction of sp³-hybridized carbons (Fsp3) is 0.375. The van der Waals surface area contributed by atoms with Crippen molar-refractivity contribution in [2.24, 2.45) is 5.92 Å². The zero-order valence-electron chi connectivity index (χ0n) is 13.1. The van der Waals surface area contributed by atoms with Gasteiger partial charge in [0, 0.05) is 11.4 Å². The fourth-order valence-corrected chi connectivity index (χ4v) is 3.18. The van der Waals surface area contributed by atoms with E-state index in [2.05, 4.69) is 10.3 Å². The Balaban J connectivity index is 2.03. The molecule has 0 spiro atoms. The monoisotopic (exact) mass is 331 g/mol. The molecule has 3 rings (SSSR count). The number of carbonyl (C=O) groups is 1. The summed E-state index contributed by atoms with van der Waals surface area (Å²) < 4.78 is 5.26. The molecular weight excluding hydrogens is 314 g/mol. The first kappa shape index (κ1) is 16.0. The Hall–Kier alpha value is -2.90. The van der Waals surface area contributed by atoms with Gasteiger partial charge in [-0.3, -0.25) is 14.9 Å². The Morgan fingerprint density at radius 2 is 2.25 bits per heavy atom. The second-order valence-corrected chi connectivity index (χ2v) is 5.82. The standard InChI is InChI=1S/C16H17N3O5/c1-24-13-4-2-3-11-14(12(19(22)23)8-17-15(11)13)18-10-6-5-9(7-10)16(20)21/h2-4,8-10H,5-7H2,1H3,(H,17,18)(H,20,21)/t9-,10?/m0/s1. The number of para-hydroxylation sites is 1. The highest BCUT2D eigenvalue weighted by atomic mass is 16.6. The number of rotatable bonds is 5. The maximum atomic E-state index is 11.4. The molecule has 0 aliphatic heterocycles. The van der Waals surface area contributed by atoms with Crippen molar-refractivity contribution in [3.05, 3.63) is 34.5 Å². The second kappa shape index (κ2) is 6.31. The first-order valence-electron chi connectivity index (χ1n) is 7.60. The molecule has 1 saturated carbocycles. The summed E-state index contributed by atoms with van der Waals surface area (Å²) in [7, 11) is 1.51. The Morgan fingerprint density at radius 3 is 2.88 bits per heavy atom. The number of ether oxygens (including phenoxy) is 1. The van der Waals surface area contributed by atoms with Gasteiger partial charge in [-0.05, 0) is 25.3 Å². The molecule has 0 radical (unpaired) electrons. The van der Waals surface area contributed by atoms with Crippen LogP contribution in [-0.4, -0.2) is 34.1 Å². The average Bonchev–Trinajstić information content (AvgIpc) is 3.03. The zero-order chi connectivity index (χ0) is 17.3. The van der Waals surface area contributed by atoms with Crippen LogP contribution in [0.2, 0.25) is 0 Å². The summed E-state index contributed by atoms with van der Waals surface area (Å²) in [6, 6.07) is 5.10. The first-order valence-corrected chi connectivity index (χ1v) is 7.60. The predicted molar refractivity (Wildman–Crippen MR) is 87.3 cm³/mol. The third-order valence-corrected chi connectivity index (χ3v) is 4.39. The van der Waals surface area contributed by atoms with Crippen molar-refractivity contribution in [1.82, 2.24) is 4.98 Å². The lowest BCUT2D eigenvalue weighted by atomic mass is 10.1. The number of nitrogens with one attached hydrogen (secondary N) is 1. The number of benzene rings is 1. The van der Waals surface area contributed by atoms with Gasteiger partial charge in [0.15, 0.2) is 0 Å². The minimum atomic E-state index is -0.824. The van der Waals surface area contributed by atoms with Gasteiger partial charge in [-0.25, -0.2) is 4.98 Å². The molecular formula is C16H17N3O5. The number of carboxylic acid groups (broad SMARTS) is 1. The highest BCUT2D eigenvalue weighted by Gasteiger charge is 2.31. The second-order valence-electron chi connectivity index (χ2n) is 5.82. The highest BCUT2D eigenvalue weighted by Crippen LogP contribution is 2.38. The van der Waals surface area contributed by atoms with Crippen molar-refractivity contribution in [1.29, 1.82) is 0 Å². The summed E-state index contributed by atoms with van der Waals surface area (Å²) >= 11 is 0. The van der Waals surface area contributed by atoms with Gasteiger partial charge >= 0.3 is 11.7 Å². The summed E-state index contributed by atoms with van der Waals surface area (Å²) in [5, 5.41) is 24.2. The van der Waals surface area contributed by atoms with Gasteiger partial charge in [0.05, 0.1) is 18.0 Å². The summed E-state index contributed by atoms with van der Waals surface area (Å²) in [6.07, 6.45) is 2.87. The van der Waals surface area contributed by atoms with E-state index in [0.29, 0.717) is 41.6 Å². The quantitative estimate of drug-likeness (QED) is 0.639. The van der Waals surface area contributed by atoms with Gasteiger partial charge in [-0.15, -0.1) is 0 Å². The summed E-state index contributed by atoms with van der Waals surface area (Å²) in [5.41, 5.74) is 0.760. The van der Waals surface area contributed by atoms with Crippen molar-refractivity contribution in [2.75, 3.05) is 12.4 Å². The van der Waals surface area contributed by atoms with Crippen molar-refractivity contribution >= 4 is 28.2 Å². The van der Waals surface area contributed by atoms with Crippen molar-refractivity contribution < 1.29 is 19.6 Å². The van der Waals surface area contributed by atoms with Crippen molar-refractivity contribution in [2.45, 2.75) is 25.3 Å². The Labute approximate surface area is 137 Å². The molecule has 24 heavy (non-hydrogen) atoms. The van der Waals surface area contributed by atoms with E-state index in [4.69, 9.17) is 9.84 Å². The Morgan fingerprint density at radius 1 is 1.46 bits per heavy atom. The molecule has 1 aromatic heterocycles. The molecule has 8 nitrogen and oxygen atoms in total. The SMILES string of the molecule is COc1cccc2c(NC3CC[C@H](C(=O)O)C3)c([N+](=O)[O-])cnc12. The molecule has 1 aliphatic rings. The summed E-state index contributed by atoms with van der Waals surface area (Å²) in [5.74, 6) is -0.709. The third-order valence-electron chi connectivity index (χ3n) is 4.39. The third kappa shape index (κ3) is 2.82. The lowest BCUT2D eigenvalue weighted by Gasteiger charge is -2.16. The topological polar surface area (TPSA) is 115 Å². The largest absolute Gasteiger partial charge is 0.494 e. The van der Waals surface area contributed by atoms with E-state index >= 15 is 0 Å². The molecule has 8 heteroatoms. The molecule has 1 aliphatic carbocycles. The Kier molecular flexibility index (Phi) is 4.20. The van der Waals surface area contributed by atoms with Crippen LogP contribution in [0.1, 0.15) is 19.3 Å². The summed E-state index contributed by atoms with van der Waals surface area (Å²) in [6.45, 7) is 0. The van der Waals surface area contributed by atoms with Gasteiger partial charge < -0.3 is 15.2 Å². The van der Waals surface area contributed by atoms with E-state index in [1.54, 1.807) is 18.2 Å². The number of nitro groups is 1. The van der Waals surface area contributed by atoms with E-state index in [9.17, 15) is 14.9 Å². The smallest absolute Gasteiger partial charge is 0.311 e. The van der Waals surface area contributed by atoms with Crippen LogP contribution in [0.4, 0.5) is 11.4 Å². The number of carboxylic acids is 1. The number of aliphatic carboxylic acids is 1. The Bertz CT molecular complexity index is 808. The maximum Gasteiger partial charge on any atom is 0.311 e. The van der Waals surface area contributed by atoms with E-state index in [1.807, 2.05) is 0 Å². The molecule has 2 N–H and O–H groups in total. The number of hydrogen-bond acceptors (Lipinski definition) is 6. The molecule has 1 fully saturated rings. The molecule has 126 valence electrons. The zero-order valence-corrected chi connectivity index (χ0v) is 13.1. The van der Waals surface area contributed by atoms with Crippen LogP contribution in [-0.2, 0) is 4.79 Å². The average molecular weight is 331 g/mol. The van der Waals surface area contributed by atoms with Crippen LogP contribution in [0.25, 0.3) is 10.9 Å². The lowest BCUT2D eigenvalue weighted by molar-refractivity contribution is -0.384. The number of hydrogen-bond donors (Lipinski definition) is 2. The summed E-state index contributed by atoms with van der Waals surface area (Å²) in [4.78, 5) is 26.1. The molecule has 0 amide bonds. The van der Waals surface area contributed by atoms with E-state index in [1.165, 1.54) is 13.3 Å². The lowest BCUT2D eigenvalue weighted by Crippen LogP contribution is -2.19. The maximum absolute atomic E-state index is 11.4. The molecule has 0 bridgehead atoms. The van der Waals surface area contributed by atoms with Gasteiger partial charge in [-0.1, -0.05) is 12.1 Å². The number of nitrogens with zero attached hydrogens (tertiary/aromatic N) is 2. The van der Waals surface area contributed by atoms with Crippen LogP contribution in [0.5, 0.6) is 5.75 Å². The molecule has 1 heterocycles. The van der Waals surface area contributed by atoms with Gasteiger partial charge in [0.2, 0.25) is 0 Å². The number of anilines is 1. The normalized spacial score (nSPS) is 20.0. The van der Waals surface area contributed by atoms with Crippen LogP contribution in [0.15, 0.2) is 24.4 Å². The van der Waals surface area contributed by atoms with Gasteiger partial charge in [0.25, 0.3) is 0 Å². The number of aromatic nitrogens is 1. The van der Waals surface area contributed by atoms with E-state index < -0.39 is 16.8 Å². The molecule has 2 atom stereocenters. The number of pyridine rings is 1. The van der Waals surface area contributed by atoms with E-state index in [0.717, 1.165) is 0 Å². The fourth-order valence-electron chi connectivity index (χ4n) is 3.18. The van der Waals surface area contributed by atoms with Crippen molar-refractivity contribution in [3.63, 3.8) is 0 Å². The van der Waals surface area contributed by atoms with Crippen LogP contribution < -0.4 is 10.1 Å². The van der Waals surface area contributed by atoms with Gasteiger partial charge in [0.1, 0.15) is 23.2 Å². The minimum absolute atomic E-state index is 0.124. The molecule has 1 aromatic carbocycles. The highest BCUT2D eigenvalue weighted by molar-refractivity contribution is 5.98. The minimum Gasteiger partial charge on any atom is -0.494 e. The number of methoxy groups -OCH3 is 1. The predicted octanol–water partition coefficient (Wildman–Crippen LogP) is 2.82. The van der Waals surface area contributed by atoms with Crippen molar-refractivity contribution in [3.8, 4) is 5.75 Å². The van der Waals surface area contributed by atoms with Crippen LogP contribution in [0.3, 0.4) is 0 Å². The van der Waals surface area contributed by atoms with E-state index in [-0.39, 0.29) is 11.7 Å².